The summed E-state index contributed by atoms with van der Waals surface area (Å²) in [5.41, 5.74) is -2.18. The zero-order valence-corrected chi connectivity index (χ0v) is 46.2. The van der Waals surface area contributed by atoms with E-state index in [0.717, 1.165) is 86.4 Å². The molecule has 0 amide bonds. The van der Waals surface area contributed by atoms with Crippen LogP contribution in [0.5, 0.6) is 5.75 Å². The molecule has 0 spiro atoms. The zero-order valence-electron chi connectivity index (χ0n) is 45.4. The third-order valence-corrected chi connectivity index (χ3v) is 23.6. The summed E-state index contributed by atoms with van der Waals surface area (Å²) in [4.78, 5) is 55.6. The topological polar surface area (TPSA) is 135 Å². The molecular formula is C63H75F4O10S+. The van der Waals surface area contributed by atoms with Gasteiger partial charge in [-0.1, -0.05) is 24.3 Å². The Hall–Kier alpha value is -4.76. The van der Waals surface area contributed by atoms with Crippen LogP contribution in [0.1, 0.15) is 148 Å². The van der Waals surface area contributed by atoms with Crippen LogP contribution in [-0.2, 0) is 38.1 Å². The van der Waals surface area contributed by atoms with Crippen molar-refractivity contribution in [3.05, 3.63) is 72.3 Å². The molecule has 3 unspecified atom stereocenters. The molecule has 1 N–H and O–H groups in total. The first-order valence-electron chi connectivity index (χ1n) is 28.9. The first kappa shape index (κ1) is 53.9. The molecule has 15 heteroatoms. The third kappa shape index (κ3) is 9.61. The fraction of sp³-hybridized carbons (Fsp3) is 0.651. The van der Waals surface area contributed by atoms with Crippen molar-refractivity contribution >= 4 is 54.5 Å². The number of alkyl halides is 4. The molecule has 420 valence electrons. The summed E-state index contributed by atoms with van der Waals surface area (Å²) in [6.45, 7) is 3.15. The van der Waals surface area contributed by atoms with Gasteiger partial charge in [0.05, 0.1) is 43.5 Å². The SMILES string of the molecule is CC(F)(F)C(F)(F)CCOC(=O)C12CC3CC(CC(O)(C3)C1)C2.COc1ccc(-[s+]2c3ccccc3c3ccccc32)cc1C(CC(=O)OC1(C)C2CC3CC(C2)CC1C3)C(=O)OCC(=O)OC1(C)C2CC3CC(C2)CC1C3. The lowest BCUT2D eigenvalue weighted by Gasteiger charge is -2.59. The molecule has 12 fully saturated rings. The first-order valence-corrected chi connectivity index (χ1v) is 30.1. The number of esters is 4. The highest BCUT2D eigenvalue weighted by atomic mass is 32.2. The summed E-state index contributed by atoms with van der Waals surface area (Å²) in [6.07, 6.45) is 13.9. The van der Waals surface area contributed by atoms with Crippen molar-refractivity contribution in [1.82, 2.24) is 0 Å². The van der Waals surface area contributed by atoms with Crippen LogP contribution in [0.2, 0.25) is 0 Å². The number of benzene rings is 3. The summed E-state index contributed by atoms with van der Waals surface area (Å²) in [7, 11) is 1.15. The number of aliphatic hydroxyl groups is 1. The van der Waals surface area contributed by atoms with E-state index in [1.54, 1.807) is 7.11 Å². The number of carbonyl (C=O) groups excluding carboxylic acids is 4. The van der Waals surface area contributed by atoms with Crippen LogP contribution in [0.15, 0.2) is 66.7 Å². The van der Waals surface area contributed by atoms with Gasteiger partial charge in [0.1, 0.15) is 17.0 Å². The standard InChI is InChI=1S/C47H53O7S.C16H22F4O3/c1-46(31-16-27-14-28(18-31)19-32(46)17-27)53-43(48)25-39(45(50)52-26-44(49)54-47(2)33-20-29-15-30(22-33)23-34(47)21-29)38-24-35(12-13-40(38)51-3)55-41-10-6-4-8-36(41)37-9-5-7-11-42(37)55;1-13(17,18)16(19,20)2-3-23-12(21)14-5-10-4-11(6-14)8-15(22,7-10)9-14/h4-13,24,27-34,39H,14-23,25-26H2,1-3H3;10-11,22H,2-9H2,1H3/q+1;. The molecule has 4 aromatic rings. The number of fused-ring (bicyclic) bond motifs is 3. The number of hydrogen-bond acceptors (Lipinski definition) is 10. The van der Waals surface area contributed by atoms with Gasteiger partial charge in [0.2, 0.25) is 0 Å². The van der Waals surface area contributed by atoms with Crippen molar-refractivity contribution in [2.75, 3.05) is 20.3 Å². The highest BCUT2D eigenvalue weighted by Crippen LogP contribution is 2.63. The maximum absolute atomic E-state index is 14.4. The van der Waals surface area contributed by atoms with Gasteiger partial charge in [-0.15, -0.1) is 0 Å². The number of ether oxygens (including phenoxy) is 5. The minimum absolute atomic E-state index is 0.156. The van der Waals surface area contributed by atoms with E-state index in [1.807, 2.05) is 12.1 Å². The van der Waals surface area contributed by atoms with Crippen molar-refractivity contribution in [1.29, 1.82) is 0 Å². The van der Waals surface area contributed by atoms with E-state index in [-0.39, 0.29) is 25.2 Å². The smallest absolute Gasteiger partial charge is 0.344 e. The van der Waals surface area contributed by atoms with Crippen LogP contribution in [0.4, 0.5) is 17.6 Å². The lowest BCUT2D eigenvalue weighted by atomic mass is 9.48. The molecule has 1 heterocycles. The number of halogens is 4. The van der Waals surface area contributed by atoms with Crippen molar-refractivity contribution in [3.8, 4) is 10.6 Å². The number of methoxy groups -OCH3 is 1. The van der Waals surface area contributed by atoms with E-state index >= 15 is 0 Å². The second kappa shape index (κ2) is 19.8. The minimum atomic E-state index is -4.20. The maximum Gasteiger partial charge on any atom is 0.344 e. The molecule has 10 nitrogen and oxygen atoms in total. The van der Waals surface area contributed by atoms with Gasteiger partial charge in [0, 0.05) is 45.9 Å². The molecule has 16 rings (SSSR count). The van der Waals surface area contributed by atoms with Gasteiger partial charge in [0.25, 0.3) is 0 Å². The number of hydrogen-bond donors (Lipinski definition) is 1. The summed E-state index contributed by atoms with van der Waals surface area (Å²) >= 11 is 0. The van der Waals surface area contributed by atoms with Crippen LogP contribution >= 0.6 is 10.5 Å². The Morgan fingerprint density at radius 2 is 1.14 bits per heavy atom. The Labute approximate surface area is 457 Å². The minimum Gasteiger partial charge on any atom is -0.496 e. The van der Waals surface area contributed by atoms with E-state index in [0.29, 0.717) is 67.1 Å². The van der Waals surface area contributed by atoms with Crippen molar-refractivity contribution in [2.45, 2.75) is 171 Å². The number of thiophene rings is 1. The highest BCUT2D eigenvalue weighted by Gasteiger charge is 2.62. The fourth-order valence-corrected chi connectivity index (χ4v) is 20.6. The van der Waals surface area contributed by atoms with E-state index in [1.165, 1.54) is 33.0 Å². The molecule has 0 saturated heterocycles. The van der Waals surface area contributed by atoms with Crippen LogP contribution in [0, 0.1) is 64.6 Å². The summed E-state index contributed by atoms with van der Waals surface area (Å²) in [6, 6.07) is 22.9. The molecule has 12 bridgehead atoms. The maximum atomic E-state index is 14.4. The summed E-state index contributed by atoms with van der Waals surface area (Å²) in [5.74, 6) is -6.20. The van der Waals surface area contributed by atoms with Gasteiger partial charge in [-0.05, 0) is 206 Å². The average Bonchev–Trinajstić information content (AvgIpc) is 3.90. The Bertz CT molecular complexity index is 2870. The Morgan fingerprint density at radius 1 is 0.654 bits per heavy atom. The average molecular weight is 1100 g/mol. The lowest BCUT2D eigenvalue weighted by Crippen LogP contribution is -2.58. The van der Waals surface area contributed by atoms with Crippen LogP contribution in [0.3, 0.4) is 0 Å². The molecule has 0 radical (unpaired) electrons. The van der Waals surface area contributed by atoms with Crippen molar-refractivity contribution < 1.29 is 65.5 Å². The van der Waals surface area contributed by atoms with E-state index in [9.17, 15) is 41.8 Å². The van der Waals surface area contributed by atoms with Gasteiger partial charge in [-0.2, -0.15) is 8.78 Å². The second-order valence-corrected chi connectivity index (χ2v) is 28.4. The van der Waals surface area contributed by atoms with Gasteiger partial charge < -0.3 is 28.8 Å². The molecule has 3 atom stereocenters. The molecule has 12 aliphatic rings. The predicted octanol–water partition coefficient (Wildman–Crippen LogP) is 13.8. The molecule has 1 aromatic heterocycles. The quantitative estimate of drug-likeness (QED) is 0.0530. The van der Waals surface area contributed by atoms with Gasteiger partial charge in [-0.3, -0.25) is 14.4 Å². The number of carbonyl (C=O) groups is 4. The number of rotatable bonds is 15. The van der Waals surface area contributed by atoms with Crippen LogP contribution in [-0.4, -0.2) is 78.0 Å². The summed E-state index contributed by atoms with van der Waals surface area (Å²) < 4.78 is 83.9. The normalized spacial score (nSPS) is 36.0. The zero-order chi connectivity index (χ0) is 54.7. The predicted molar refractivity (Wildman–Crippen MR) is 286 cm³/mol. The van der Waals surface area contributed by atoms with Crippen molar-refractivity contribution in [2.24, 2.45) is 64.6 Å². The Morgan fingerprint density at radius 3 is 1.63 bits per heavy atom. The van der Waals surface area contributed by atoms with Gasteiger partial charge in [0.15, 0.2) is 20.9 Å². The first-order chi connectivity index (χ1) is 37.0. The fourth-order valence-electron chi connectivity index (χ4n) is 18.2. The summed E-state index contributed by atoms with van der Waals surface area (Å²) in [5, 5.41) is 13.0. The van der Waals surface area contributed by atoms with Gasteiger partial charge >= 0.3 is 35.7 Å². The lowest BCUT2D eigenvalue weighted by molar-refractivity contribution is -0.213. The van der Waals surface area contributed by atoms with E-state index in [2.05, 4.69) is 68.4 Å². The van der Waals surface area contributed by atoms with Crippen LogP contribution < -0.4 is 4.74 Å². The molecule has 0 aliphatic heterocycles. The van der Waals surface area contributed by atoms with E-state index in [4.69, 9.17) is 23.7 Å². The third-order valence-electron chi connectivity index (χ3n) is 21.2. The highest BCUT2D eigenvalue weighted by molar-refractivity contribution is 7.50. The second-order valence-electron chi connectivity index (χ2n) is 26.4. The van der Waals surface area contributed by atoms with Crippen molar-refractivity contribution in [3.63, 3.8) is 0 Å². The van der Waals surface area contributed by atoms with Gasteiger partial charge in [-0.25, -0.2) is 13.6 Å². The molecule has 78 heavy (non-hydrogen) atoms. The molecule has 3 aromatic carbocycles. The molecular weight excluding hydrogens is 1020 g/mol. The Balaban J connectivity index is 0.000000222. The van der Waals surface area contributed by atoms with E-state index < -0.39 is 94.0 Å². The van der Waals surface area contributed by atoms with Crippen LogP contribution in [0.25, 0.3) is 25.1 Å². The monoisotopic (exact) mass is 1100 g/mol. The molecule has 12 saturated carbocycles. The largest absolute Gasteiger partial charge is 0.496 e. The molecule has 12 aliphatic carbocycles. The Kier molecular flexibility index (Phi) is 13.6.